The fourth-order valence-electron chi connectivity index (χ4n) is 3.61. The van der Waals surface area contributed by atoms with Crippen molar-refractivity contribution in [3.63, 3.8) is 0 Å². The third-order valence-corrected chi connectivity index (χ3v) is 6.95. The van der Waals surface area contributed by atoms with Gasteiger partial charge in [0.15, 0.2) is 5.65 Å². The highest BCUT2D eigenvalue weighted by molar-refractivity contribution is 7.92. The molecular weight excluding hydrogens is 384 g/mol. The molecule has 0 amide bonds. The summed E-state index contributed by atoms with van der Waals surface area (Å²) in [6.07, 6.45) is 0. The molecule has 4 rings (SSSR count). The average Bonchev–Trinajstić information content (AvgIpc) is 2.93. The first kappa shape index (κ1) is 19.4. The Morgan fingerprint density at radius 1 is 1.03 bits per heavy atom. The lowest BCUT2D eigenvalue weighted by Crippen LogP contribution is -2.11. The fourth-order valence-corrected chi connectivity index (χ4v) is 5.44. The maximum absolute atomic E-state index is 13.7. The second-order valence-electron chi connectivity index (χ2n) is 7.88. The molecule has 2 aromatic heterocycles. The molecule has 150 valence electrons. The quantitative estimate of drug-likeness (QED) is 0.544. The number of benzene rings is 2. The molecule has 0 aliphatic rings. The highest BCUT2D eigenvalue weighted by Gasteiger charge is 2.31. The Balaban J connectivity index is 2.12. The van der Waals surface area contributed by atoms with E-state index in [4.69, 9.17) is 10.7 Å². The van der Waals surface area contributed by atoms with Crippen LogP contribution in [0.3, 0.4) is 0 Å². The van der Waals surface area contributed by atoms with Crippen molar-refractivity contribution in [2.75, 3.05) is 5.73 Å². The highest BCUT2D eigenvalue weighted by Crippen LogP contribution is 2.36. The van der Waals surface area contributed by atoms with E-state index in [-0.39, 0.29) is 21.5 Å². The molecule has 2 aromatic carbocycles. The molecule has 0 bridgehead atoms. The molecule has 7 heteroatoms. The number of aryl methyl sites for hydroxylation is 2. The number of hydrogen-bond donors (Lipinski definition) is 1. The van der Waals surface area contributed by atoms with Gasteiger partial charge in [-0.2, -0.15) is 0 Å². The summed E-state index contributed by atoms with van der Waals surface area (Å²) in [5, 5.41) is 0. The van der Waals surface area contributed by atoms with E-state index in [2.05, 4.69) is 18.8 Å². The zero-order valence-corrected chi connectivity index (χ0v) is 17.8. The Labute approximate surface area is 170 Å². The van der Waals surface area contributed by atoms with Crippen LogP contribution < -0.4 is 5.73 Å². The predicted molar refractivity (Wildman–Crippen MR) is 116 cm³/mol. The van der Waals surface area contributed by atoms with Crippen molar-refractivity contribution < 1.29 is 8.42 Å². The van der Waals surface area contributed by atoms with Crippen molar-refractivity contribution >= 4 is 37.9 Å². The van der Waals surface area contributed by atoms with E-state index in [9.17, 15) is 8.42 Å². The number of nitrogens with zero attached hydrogens (tertiary/aromatic N) is 3. The van der Waals surface area contributed by atoms with Crippen molar-refractivity contribution in [2.24, 2.45) is 5.92 Å². The summed E-state index contributed by atoms with van der Waals surface area (Å²) in [6.45, 7) is 8.32. The Hall–Kier alpha value is -2.93. The number of sulfone groups is 1. The number of para-hydroxylation sites is 2. The van der Waals surface area contributed by atoms with Gasteiger partial charge >= 0.3 is 0 Å². The minimum atomic E-state index is -3.88. The summed E-state index contributed by atoms with van der Waals surface area (Å²) in [4.78, 5) is 9.68. The van der Waals surface area contributed by atoms with Gasteiger partial charge in [-0.15, -0.1) is 0 Å². The number of aromatic nitrogens is 3. The Morgan fingerprint density at radius 2 is 1.69 bits per heavy atom. The van der Waals surface area contributed by atoms with Gasteiger partial charge in [0.1, 0.15) is 16.2 Å². The largest absolute Gasteiger partial charge is 0.384 e. The maximum Gasteiger partial charge on any atom is 0.212 e. The van der Waals surface area contributed by atoms with E-state index in [1.807, 2.05) is 43.3 Å². The van der Waals surface area contributed by atoms with Crippen LogP contribution in [0.5, 0.6) is 0 Å². The first-order chi connectivity index (χ1) is 13.7. The van der Waals surface area contributed by atoms with E-state index in [1.54, 1.807) is 17.6 Å². The van der Waals surface area contributed by atoms with E-state index in [1.165, 1.54) is 0 Å². The van der Waals surface area contributed by atoms with Gasteiger partial charge in [0.25, 0.3) is 0 Å². The van der Waals surface area contributed by atoms with Gasteiger partial charge in [-0.3, -0.25) is 0 Å². The molecule has 6 nitrogen and oxygen atoms in total. The smallest absolute Gasteiger partial charge is 0.212 e. The van der Waals surface area contributed by atoms with E-state index in [0.29, 0.717) is 34.3 Å². The van der Waals surface area contributed by atoms with Crippen LogP contribution >= 0.6 is 0 Å². The fraction of sp³-hybridized carbons (Fsp3) is 0.273. The molecule has 0 fully saturated rings. The molecule has 2 heterocycles. The minimum Gasteiger partial charge on any atom is -0.384 e. The van der Waals surface area contributed by atoms with Crippen LogP contribution in [0.15, 0.2) is 52.3 Å². The normalized spacial score (nSPS) is 12.3. The average molecular weight is 409 g/mol. The summed E-state index contributed by atoms with van der Waals surface area (Å²) in [7, 11) is -3.88. The van der Waals surface area contributed by atoms with Crippen LogP contribution in [0.2, 0.25) is 0 Å². The zero-order valence-electron chi connectivity index (χ0n) is 17.0. The van der Waals surface area contributed by atoms with Crippen molar-refractivity contribution in [3.8, 4) is 0 Å². The number of anilines is 1. The lowest BCUT2D eigenvalue weighted by atomic mass is 10.2. The number of rotatable bonds is 4. The van der Waals surface area contributed by atoms with Gasteiger partial charge in [0.05, 0.1) is 15.9 Å². The lowest BCUT2D eigenvalue weighted by Gasteiger charge is -2.11. The van der Waals surface area contributed by atoms with Gasteiger partial charge in [-0.1, -0.05) is 38.1 Å². The van der Waals surface area contributed by atoms with E-state index in [0.717, 1.165) is 5.56 Å². The Kier molecular flexibility index (Phi) is 4.58. The van der Waals surface area contributed by atoms with Gasteiger partial charge in [0, 0.05) is 6.54 Å². The third kappa shape index (κ3) is 3.15. The molecule has 0 unspecified atom stereocenters. The topological polar surface area (TPSA) is 90.9 Å². The molecule has 0 spiro atoms. The second-order valence-corrected chi connectivity index (χ2v) is 9.73. The van der Waals surface area contributed by atoms with Crippen LogP contribution in [0, 0.1) is 19.8 Å². The Bertz CT molecular complexity index is 1350. The van der Waals surface area contributed by atoms with Gasteiger partial charge in [0.2, 0.25) is 9.84 Å². The third-order valence-electron chi connectivity index (χ3n) is 5.00. The monoisotopic (exact) mass is 408 g/mol. The van der Waals surface area contributed by atoms with Crippen molar-refractivity contribution in [1.82, 2.24) is 14.5 Å². The highest BCUT2D eigenvalue weighted by atomic mass is 32.2. The molecule has 0 aliphatic heterocycles. The summed E-state index contributed by atoms with van der Waals surface area (Å²) in [6, 6.07) is 12.8. The van der Waals surface area contributed by atoms with Crippen LogP contribution in [-0.2, 0) is 16.4 Å². The first-order valence-electron chi connectivity index (χ1n) is 9.57. The summed E-state index contributed by atoms with van der Waals surface area (Å²) >= 11 is 0. The number of nitrogen functional groups attached to an aromatic ring is 1. The predicted octanol–water partition coefficient (Wildman–Crippen LogP) is 4.27. The molecule has 0 radical (unpaired) electrons. The van der Waals surface area contributed by atoms with Gasteiger partial charge in [-0.25, -0.2) is 18.4 Å². The number of hydrogen-bond acceptors (Lipinski definition) is 5. The van der Waals surface area contributed by atoms with E-state index >= 15 is 0 Å². The van der Waals surface area contributed by atoms with Crippen LogP contribution in [-0.4, -0.2) is 23.0 Å². The number of nitrogens with two attached hydrogens (primary N) is 1. The molecule has 0 atom stereocenters. The first-order valence-corrected chi connectivity index (χ1v) is 11.0. The van der Waals surface area contributed by atoms with E-state index < -0.39 is 9.84 Å². The standard InChI is InChI=1S/C22H24N4O2S/c1-13(2)12-26-21(23)20(29(27,28)18-11-14(3)9-10-15(18)4)19-22(26)25-17-8-6-5-7-16(17)24-19/h5-11,13H,12,23H2,1-4H3. The van der Waals surface area contributed by atoms with Gasteiger partial charge in [-0.05, 0) is 49.1 Å². The Morgan fingerprint density at radius 3 is 2.34 bits per heavy atom. The van der Waals surface area contributed by atoms with Crippen molar-refractivity contribution in [1.29, 1.82) is 0 Å². The summed E-state index contributed by atoms with van der Waals surface area (Å²) < 4.78 is 29.2. The molecule has 0 saturated carbocycles. The zero-order chi connectivity index (χ0) is 20.9. The SMILES string of the molecule is Cc1ccc(C)c(S(=O)(=O)c2c(N)n(CC(C)C)c3nc4ccccc4nc23)c1. The van der Waals surface area contributed by atoms with Crippen molar-refractivity contribution in [3.05, 3.63) is 53.6 Å². The lowest BCUT2D eigenvalue weighted by molar-refractivity contribution is 0.535. The number of fused-ring (bicyclic) bond motifs is 2. The summed E-state index contributed by atoms with van der Waals surface area (Å²) in [5.74, 6) is 0.447. The van der Waals surface area contributed by atoms with Crippen molar-refractivity contribution in [2.45, 2.75) is 44.0 Å². The molecule has 2 N–H and O–H groups in total. The molecule has 0 saturated heterocycles. The maximum atomic E-state index is 13.7. The second kappa shape index (κ2) is 6.84. The van der Waals surface area contributed by atoms with Crippen LogP contribution in [0.1, 0.15) is 25.0 Å². The van der Waals surface area contributed by atoms with Gasteiger partial charge < -0.3 is 10.3 Å². The molecule has 0 aliphatic carbocycles. The molecular formula is C22H24N4O2S. The molecule has 29 heavy (non-hydrogen) atoms. The molecule has 4 aromatic rings. The van der Waals surface area contributed by atoms with Crippen LogP contribution in [0.4, 0.5) is 5.82 Å². The summed E-state index contributed by atoms with van der Waals surface area (Å²) in [5.41, 5.74) is 10.2. The minimum absolute atomic E-state index is 0.0418. The van der Waals surface area contributed by atoms with Crippen LogP contribution in [0.25, 0.3) is 22.2 Å².